The maximum absolute atomic E-state index is 14.0. The molecule has 0 radical (unpaired) electrons. The Bertz CT molecular complexity index is 944. The fraction of sp³-hybridized carbons (Fsp3) is 0.222. The molecule has 0 saturated carbocycles. The molecule has 0 unspecified atom stereocenters. The van der Waals surface area contributed by atoms with Crippen molar-refractivity contribution in [2.45, 2.75) is 18.7 Å². The van der Waals surface area contributed by atoms with E-state index in [1.165, 1.54) is 24.3 Å². The molecule has 0 aromatic heterocycles. The minimum absolute atomic E-state index is 0.166. The van der Waals surface area contributed by atoms with Crippen LogP contribution in [0.25, 0.3) is 0 Å². The highest BCUT2D eigenvalue weighted by molar-refractivity contribution is 7.89. The standard InChI is InChI=1S/C18H20FN3O4S/c1-3-20-17(23)12-5-7-13(8-6-12)22-18(24)15-11-14(9-10-16(15)19)27(25,26)21-4-2/h5-11,21H,3-4H2,1-2H3,(H,20,23)(H,22,24). The molecular formula is C18H20FN3O4S. The van der Waals surface area contributed by atoms with Gasteiger partial charge in [-0.3, -0.25) is 9.59 Å². The van der Waals surface area contributed by atoms with Gasteiger partial charge < -0.3 is 10.6 Å². The average molecular weight is 393 g/mol. The first-order valence-corrected chi connectivity index (χ1v) is 9.75. The van der Waals surface area contributed by atoms with Crippen LogP contribution in [0, 0.1) is 5.82 Å². The second-order valence-corrected chi connectivity index (χ2v) is 7.30. The number of carbonyl (C=O) groups excluding carboxylic acids is 2. The fourth-order valence-corrected chi connectivity index (χ4v) is 3.35. The number of carbonyl (C=O) groups is 2. The zero-order valence-corrected chi connectivity index (χ0v) is 15.7. The van der Waals surface area contributed by atoms with Gasteiger partial charge >= 0.3 is 0 Å². The van der Waals surface area contributed by atoms with Crippen molar-refractivity contribution in [3.63, 3.8) is 0 Å². The van der Waals surface area contributed by atoms with Gasteiger partial charge in [-0.25, -0.2) is 17.5 Å². The van der Waals surface area contributed by atoms with Crippen molar-refractivity contribution in [3.05, 3.63) is 59.4 Å². The lowest BCUT2D eigenvalue weighted by atomic mass is 10.1. The van der Waals surface area contributed by atoms with Gasteiger partial charge in [0.2, 0.25) is 10.0 Å². The van der Waals surface area contributed by atoms with E-state index >= 15 is 0 Å². The molecular weight excluding hydrogens is 373 g/mol. The Balaban J connectivity index is 2.22. The molecule has 0 aliphatic carbocycles. The fourth-order valence-electron chi connectivity index (χ4n) is 2.28. The van der Waals surface area contributed by atoms with Gasteiger partial charge in [0.05, 0.1) is 10.5 Å². The Hall–Kier alpha value is -2.78. The van der Waals surface area contributed by atoms with Crippen molar-refractivity contribution >= 4 is 27.5 Å². The van der Waals surface area contributed by atoms with Crippen LogP contribution in [-0.2, 0) is 10.0 Å². The summed E-state index contributed by atoms with van der Waals surface area (Å²) in [4.78, 5) is 23.9. The molecule has 2 aromatic carbocycles. The van der Waals surface area contributed by atoms with Crippen molar-refractivity contribution in [1.82, 2.24) is 10.0 Å². The summed E-state index contributed by atoms with van der Waals surface area (Å²) in [6.45, 7) is 4.06. The van der Waals surface area contributed by atoms with E-state index in [-0.39, 0.29) is 17.3 Å². The van der Waals surface area contributed by atoms with E-state index in [2.05, 4.69) is 15.4 Å². The van der Waals surface area contributed by atoms with Crippen LogP contribution in [-0.4, -0.2) is 33.3 Å². The first-order valence-electron chi connectivity index (χ1n) is 8.27. The van der Waals surface area contributed by atoms with E-state index in [9.17, 15) is 22.4 Å². The molecule has 0 bridgehead atoms. The van der Waals surface area contributed by atoms with Crippen molar-refractivity contribution in [1.29, 1.82) is 0 Å². The number of benzene rings is 2. The number of halogens is 1. The predicted octanol–water partition coefficient (Wildman–Crippen LogP) is 2.13. The second-order valence-electron chi connectivity index (χ2n) is 5.53. The van der Waals surface area contributed by atoms with Crippen molar-refractivity contribution in [3.8, 4) is 0 Å². The molecule has 144 valence electrons. The van der Waals surface area contributed by atoms with Crippen LogP contribution in [0.1, 0.15) is 34.6 Å². The Morgan fingerprint density at radius 2 is 1.63 bits per heavy atom. The molecule has 0 atom stereocenters. The summed E-state index contributed by atoms with van der Waals surface area (Å²) in [6, 6.07) is 9.03. The number of hydrogen-bond acceptors (Lipinski definition) is 4. The Labute approximate surface area is 157 Å². The number of amides is 2. The Morgan fingerprint density at radius 3 is 2.22 bits per heavy atom. The van der Waals surface area contributed by atoms with Crippen LogP contribution in [0.5, 0.6) is 0 Å². The molecule has 0 spiro atoms. The normalized spacial score (nSPS) is 11.1. The highest BCUT2D eigenvalue weighted by atomic mass is 32.2. The maximum Gasteiger partial charge on any atom is 0.258 e. The summed E-state index contributed by atoms with van der Waals surface area (Å²) in [7, 11) is -3.82. The van der Waals surface area contributed by atoms with Gasteiger partial charge in [-0.2, -0.15) is 0 Å². The summed E-state index contributed by atoms with van der Waals surface area (Å²) < 4.78 is 40.4. The van der Waals surface area contributed by atoms with E-state index in [1.54, 1.807) is 13.8 Å². The number of anilines is 1. The summed E-state index contributed by atoms with van der Waals surface area (Å²) in [5.74, 6) is -1.89. The van der Waals surface area contributed by atoms with Gasteiger partial charge in [0.25, 0.3) is 11.8 Å². The first kappa shape index (κ1) is 20.5. The van der Waals surface area contributed by atoms with Crippen LogP contribution >= 0.6 is 0 Å². The third-order valence-electron chi connectivity index (χ3n) is 3.57. The van der Waals surface area contributed by atoms with E-state index in [1.807, 2.05) is 0 Å². The smallest absolute Gasteiger partial charge is 0.258 e. The minimum Gasteiger partial charge on any atom is -0.352 e. The monoisotopic (exact) mass is 393 g/mol. The molecule has 0 saturated heterocycles. The lowest BCUT2D eigenvalue weighted by Crippen LogP contribution is -2.24. The van der Waals surface area contributed by atoms with Crippen molar-refractivity contribution in [2.24, 2.45) is 0 Å². The molecule has 27 heavy (non-hydrogen) atoms. The van der Waals surface area contributed by atoms with E-state index in [4.69, 9.17) is 0 Å². The highest BCUT2D eigenvalue weighted by Crippen LogP contribution is 2.17. The van der Waals surface area contributed by atoms with Crippen molar-refractivity contribution in [2.75, 3.05) is 18.4 Å². The summed E-state index contributed by atoms with van der Waals surface area (Å²) >= 11 is 0. The van der Waals surface area contributed by atoms with E-state index in [0.29, 0.717) is 17.8 Å². The zero-order valence-electron chi connectivity index (χ0n) is 14.9. The van der Waals surface area contributed by atoms with Gasteiger partial charge in [0.1, 0.15) is 5.82 Å². The zero-order chi connectivity index (χ0) is 20.0. The van der Waals surface area contributed by atoms with Gasteiger partial charge in [-0.1, -0.05) is 6.92 Å². The maximum atomic E-state index is 14.0. The molecule has 7 nitrogen and oxygen atoms in total. The number of sulfonamides is 1. The van der Waals surface area contributed by atoms with E-state index in [0.717, 1.165) is 18.2 Å². The van der Waals surface area contributed by atoms with Crippen LogP contribution in [0.2, 0.25) is 0 Å². The summed E-state index contributed by atoms with van der Waals surface area (Å²) in [5, 5.41) is 5.13. The molecule has 2 rings (SSSR count). The van der Waals surface area contributed by atoms with Gasteiger partial charge in [0, 0.05) is 24.3 Å². The van der Waals surface area contributed by atoms with Gasteiger partial charge in [0.15, 0.2) is 0 Å². The first-order chi connectivity index (χ1) is 12.8. The molecule has 0 aliphatic heterocycles. The van der Waals surface area contributed by atoms with Gasteiger partial charge in [-0.05, 0) is 49.4 Å². The second kappa shape index (κ2) is 8.74. The number of nitrogens with one attached hydrogen (secondary N) is 3. The molecule has 9 heteroatoms. The predicted molar refractivity (Wildman–Crippen MR) is 99.7 cm³/mol. The third-order valence-corrected chi connectivity index (χ3v) is 5.11. The van der Waals surface area contributed by atoms with E-state index < -0.39 is 27.3 Å². The van der Waals surface area contributed by atoms with Crippen LogP contribution in [0.3, 0.4) is 0 Å². The molecule has 0 heterocycles. The third kappa shape index (κ3) is 5.11. The van der Waals surface area contributed by atoms with Gasteiger partial charge in [-0.15, -0.1) is 0 Å². The van der Waals surface area contributed by atoms with Crippen LogP contribution in [0.4, 0.5) is 10.1 Å². The summed E-state index contributed by atoms with van der Waals surface area (Å²) in [5.41, 5.74) is 0.355. The summed E-state index contributed by atoms with van der Waals surface area (Å²) in [6.07, 6.45) is 0. The lowest BCUT2D eigenvalue weighted by molar-refractivity contribution is 0.0955. The average Bonchev–Trinajstić information content (AvgIpc) is 2.62. The minimum atomic E-state index is -3.82. The number of hydrogen-bond donors (Lipinski definition) is 3. The van der Waals surface area contributed by atoms with Crippen LogP contribution < -0.4 is 15.4 Å². The molecule has 3 N–H and O–H groups in total. The lowest BCUT2D eigenvalue weighted by Gasteiger charge is -2.10. The van der Waals surface area contributed by atoms with Crippen molar-refractivity contribution < 1.29 is 22.4 Å². The topological polar surface area (TPSA) is 104 Å². The molecule has 0 aliphatic rings. The quantitative estimate of drug-likeness (QED) is 0.670. The highest BCUT2D eigenvalue weighted by Gasteiger charge is 2.19. The largest absolute Gasteiger partial charge is 0.352 e. The molecule has 2 amide bonds. The Morgan fingerprint density at radius 1 is 0.963 bits per heavy atom. The molecule has 0 fully saturated rings. The SMILES string of the molecule is CCNC(=O)c1ccc(NC(=O)c2cc(S(=O)(=O)NCC)ccc2F)cc1. The Kier molecular flexibility index (Phi) is 6.65. The number of rotatable bonds is 7. The molecule has 2 aromatic rings. The van der Waals surface area contributed by atoms with Crippen LogP contribution in [0.15, 0.2) is 47.4 Å².